The summed E-state index contributed by atoms with van der Waals surface area (Å²) in [6, 6.07) is 7.04. The van der Waals surface area contributed by atoms with E-state index >= 15 is 0 Å². The van der Waals surface area contributed by atoms with Gasteiger partial charge in [-0.05, 0) is 64.3 Å². The predicted molar refractivity (Wildman–Crippen MR) is 110 cm³/mol. The summed E-state index contributed by atoms with van der Waals surface area (Å²) in [6.07, 6.45) is 6.52. The number of hydrogen-bond acceptors (Lipinski definition) is 3. The van der Waals surface area contributed by atoms with Gasteiger partial charge in [0.25, 0.3) is 0 Å². The molecule has 0 bridgehead atoms. The molecular weight excluding hydrogens is 324 g/mol. The van der Waals surface area contributed by atoms with E-state index in [0.717, 1.165) is 36.3 Å². The Hall–Kier alpha value is -1.75. The minimum atomic E-state index is 0.703. The Bertz CT molecular complexity index is 573. The van der Waals surface area contributed by atoms with Gasteiger partial charge >= 0.3 is 0 Å². The standard InChI is InChI=1S/C21H36N4O/c1-17-10-11-19(20(15-17)26-4)16-24-21(22-3)23-12-6-8-14-25-13-7-5-9-18(25)2/h10-11,15,18H,5-9,12-14,16H2,1-4H3,(H2,22,23,24). The van der Waals surface area contributed by atoms with Crippen molar-refractivity contribution in [1.29, 1.82) is 0 Å². The lowest BCUT2D eigenvalue weighted by Crippen LogP contribution is -2.39. The summed E-state index contributed by atoms with van der Waals surface area (Å²) in [5.41, 5.74) is 2.34. The minimum absolute atomic E-state index is 0.703. The summed E-state index contributed by atoms with van der Waals surface area (Å²) in [6.45, 7) is 8.58. The second-order valence-electron chi connectivity index (χ2n) is 7.26. The number of guanidine groups is 1. The molecule has 5 heteroatoms. The van der Waals surface area contributed by atoms with Crippen LogP contribution in [0.4, 0.5) is 0 Å². The highest BCUT2D eigenvalue weighted by Crippen LogP contribution is 2.19. The molecule has 26 heavy (non-hydrogen) atoms. The zero-order chi connectivity index (χ0) is 18.8. The van der Waals surface area contributed by atoms with E-state index in [-0.39, 0.29) is 0 Å². The van der Waals surface area contributed by atoms with Crippen LogP contribution in [0.25, 0.3) is 0 Å². The molecule has 1 fully saturated rings. The summed E-state index contributed by atoms with van der Waals surface area (Å²) in [5.74, 6) is 1.77. The van der Waals surface area contributed by atoms with Crippen LogP contribution in [0.1, 0.15) is 50.2 Å². The number of piperidine rings is 1. The third-order valence-electron chi connectivity index (χ3n) is 5.22. The summed E-state index contributed by atoms with van der Waals surface area (Å²) in [4.78, 5) is 6.96. The maximum absolute atomic E-state index is 5.47. The van der Waals surface area contributed by atoms with E-state index in [9.17, 15) is 0 Å². The number of unbranched alkanes of at least 4 members (excludes halogenated alkanes) is 1. The first kappa shape index (κ1) is 20.6. The highest BCUT2D eigenvalue weighted by Gasteiger charge is 2.16. The van der Waals surface area contributed by atoms with Gasteiger partial charge in [0.05, 0.1) is 7.11 Å². The number of nitrogens with one attached hydrogen (secondary N) is 2. The SMILES string of the molecule is CN=C(NCCCCN1CCCCC1C)NCc1ccc(C)cc1OC. The third kappa shape index (κ3) is 6.52. The van der Waals surface area contributed by atoms with Gasteiger partial charge < -0.3 is 20.3 Å². The average molecular weight is 361 g/mol. The molecular formula is C21H36N4O. The van der Waals surface area contributed by atoms with Crippen molar-refractivity contribution < 1.29 is 4.74 Å². The minimum Gasteiger partial charge on any atom is -0.496 e. The van der Waals surface area contributed by atoms with Gasteiger partial charge in [-0.15, -0.1) is 0 Å². The molecule has 1 unspecified atom stereocenters. The number of likely N-dealkylation sites (tertiary alicyclic amines) is 1. The predicted octanol–water partition coefficient (Wildman–Crippen LogP) is 3.32. The lowest BCUT2D eigenvalue weighted by Gasteiger charge is -2.33. The van der Waals surface area contributed by atoms with Crippen molar-refractivity contribution in [2.75, 3.05) is 33.8 Å². The monoisotopic (exact) mass is 360 g/mol. The van der Waals surface area contributed by atoms with Gasteiger partial charge in [0.15, 0.2) is 5.96 Å². The topological polar surface area (TPSA) is 48.9 Å². The van der Waals surface area contributed by atoms with E-state index in [4.69, 9.17) is 4.74 Å². The van der Waals surface area contributed by atoms with E-state index < -0.39 is 0 Å². The molecule has 0 aliphatic carbocycles. The maximum atomic E-state index is 5.47. The quantitative estimate of drug-likeness (QED) is 0.424. The van der Waals surface area contributed by atoms with Crippen molar-refractivity contribution in [1.82, 2.24) is 15.5 Å². The zero-order valence-corrected chi connectivity index (χ0v) is 17.0. The Morgan fingerprint density at radius 1 is 1.27 bits per heavy atom. The maximum Gasteiger partial charge on any atom is 0.191 e. The number of benzene rings is 1. The number of aliphatic imine (C=N–C) groups is 1. The molecule has 0 aromatic heterocycles. The van der Waals surface area contributed by atoms with Crippen LogP contribution in [0.5, 0.6) is 5.75 Å². The molecule has 1 heterocycles. The van der Waals surface area contributed by atoms with Gasteiger partial charge in [-0.3, -0.25) is 4.99 Å². The highest BCUT2D eigenvalue weighted by atomic mass is 16.5. The number of methoxy groups -OCH3 is 1. The molecule has 146 valence electrons. The van der Waals surface area contributed by atoms with Gasteiger partial charge in [0.2, 0.25) is 0 Å². The molecule has 5 nitrogen and oxygen atoms in total. The fourth-order valence-electron chi connectivity index (χ4n) is 3.53. The van der Waals surface area contributed by atoms with Crippen LogP contribution in [-0.2, 0) is 6.54 Å². The van der Waals surface area contributed by atoms with E-state index in [1.165, 1.54) is 44.3 Å². The molecule has 1 aromatic carbocycles. The van der Waals surface area contributed by atoms with Crippen LogP contribution in [0.15, 0.2) is 23.2 Å². The van der Waals surface area contributed by atoms with Crippen LogP contribution in [0, 0.1) is 6.92 Å². The Balaban J connectivity index is 1.66. The van der Waals surface area contributed by atoms with E-state index in [0.29, 0.717) is 6.54 Å². The fraction of sp³-hybridized carbons (Fsp3) is 0.667. The first-order valence-corrected chi connectivity index (χ1v) is 9.96. The number of hydrogen-bond donors (Lipinski definition) is 2. The van der Waals surface area contributed by atoms with Crippen molar-refractivity contribution >= 4 is 5.96 Å². The molecule has 1 atom stereocenters. The van der Waals surface area contributed by atoms with Crippen molar-refractivity contribution in [3.8, 4) is 5.75 Å². The van der Waals surface area contributed by atoms with Gasteiger partial charge in [-0.1, -0.05) is 18.6 Å². The molecule has 0 amide bonds. The van der Waals surface area contributed by atoms with Crippen molar-refractivity contribution in [3.63, 3.8) is 0 Å². The van der Waals surface area contributed by atoms with E-state index in [1.54, 1.807) is 7.11 Å². The Morgan fingerprint density at radius 3 is 2.85 bits per heavy atom. The van der Waals surface area contributed by atoms with Gasteiger partial charge in [-0.25, -0.2) is 0 Å². The molecule has 2 N–H and O–H groups in total. The molecule has 2 rings (SSSR count). The highest BCUT2D eigenvalue weighted by molar-refractivity contribution is 5.79. The zero-order valence-electron chi connectivity index (χ0n) is 17.0. The fourth-order valence-corrected chi connectivity index (χ4v) is 3.53. The van der Waals surface area contributed by atoms with E-state index in [2.05, 4.69) is 52.6 Å². The second-order valence-corrected chi connectivity index (χ2v) is 7.26. The van der Waals surface area contributed by atoms with Crippen molar-refractivity contribution in [3.05, 3.63) is 29.3 Å². The first-order chi connectivity index (χ1) is 12.6. The average Bonchev–Trinajstić information content (AvgIpc) is 2.66. The molecule has 1 aromatic rings. The molecule has 0 radical (unpaired) electrons. The summed E-state index contributed by atoms with van der Waals surface area (Å²) in [5, 5.41) is 6.79. The molecule has 1 aliphatic rings. The third-order valence-corrected chi connectivity index (χ3v) is 5.22. The Morgan fingerprint density at radius 2 is 2.12 bits per heavy atom. The van der Waals surface area contributed by atoms with Crippen molar-refractivity contribution in [2.45, 2.75) is 58.5 Å². The van der Waals surface area contributed by atoms with E-state index in [1.807, 2.05) is 7.05 Å². The van der Waals surface area contributed by atoms with Crippen LogP contribution in [-0.4, -0.2) is 50.7 Å². The number of ether oxygens (including phenoxy) is 1. The van der Waals surface area contributed by atoms with Crippen molar-refractivity contribution in [2.24, 2.45) is 4.99 Å². The molecule has 1 aliphatic heterocycles. The molecule has 0 saturated carbocycles. The van der Waals surface area contributed by atoms with Gasteiger partial charge in [0, 0.05) is 31.7 Å². The molecule has 1 saturated heterocycles. The number of rotatable bonds is 8. The molecule has 0 spiro atoms. The van der Waals surface area contributed by atoms with Crippen LogP contribution >= 0.6 is 0 Å². The normalized spacial score (nSPS) is 18.6. The van der Waals surface area contributed by atoms with Crippen LogP contribution in [0.3, 0.4) is 0 Å². The van der Waals surface area contributed by atoms with Gasteiger partial charge in [0.1, 0.15) is 5.75 Å². The Labute approximate surface area is 159 Å². The summed E-state index contributed by atoms with van der Waals surface area (Å²) in [7, 11) is 3.53. The van der Waals surface area contributed by atoms with Crippen LogP contribution < -0.4 is 15.4 Å². The van der Waals surface area contributed by atoms with Gasteiger partial charge in [-0.2, -0.15) is 0 Å². The Kier molecular flexibility index (Phi) is 8.75. The largest absolute Gasteiger partial charge is 0.496 e. The first-order valence-electron chi connectivity index (χ1n) is 9.96. The lowest BCUT2D eigenvalue weighted by atomic mass is 10.0. The lowest BCUT2D eigenvalue weighted by molar-refractivity contribution is 0.158. The summed E-state index contributed by atoms with van der Waals surface area (Å²) < 4.78 is 5.47. The number of aryl methyl sites for hydroxylation is 1. The second kappa shape index (κ2) is 11.1. The summed E-state index contributed by atoms with van der Waals surface area (Å²) >= 11 is 0. The number of nitrogens with zero attached hydrogens (tertiary/aromatic N) is 2. The van der Waals surface area contributed by atoms with Crippen LogP contribution in [0.2, 0.25) is 0 Å². The smallest absolute Gasteiger partial charge is 0.191 e.